The molecule has 0 heterocycles. The molecule has 2 aromatic rings. The second-order valence-electron chi connectivity index (χ2n) is 4.07. The predicted molar refractivity (Wildman–Crippen MR) is 77.6 cm³/mol. The minimum atomic E-state index is -0.516. The van der Waals surface area contributed by atoms with Gasteiger partial charge in [0.25, 0.3) is 0 Å². The summed E-state index contributed by atoms with van der Waals surface area (Å²) in [5.41, 5.74) is 0.719. The lowest BCUT2D eigenvalue weighted by Crippen LogP contribution is -2.08. The van der Waals surface area contributed by atoms with Crippen LogP contribution in [0.15, 0.2) is 42.5 Å². The van der Waals surface area contributed by atoms with Gasteiger partial charge in [0.15, 0.2) is 5.78 Å². The third kappa shape index (κ3) is 3.38. The molecule has 0 bridgehead atoms. The van der Waals surface area contributed by atoms with E-state index in [0.29, 0.717) is 15.6 Å². The van der Waals surface area contributed by atoms with Crippen LogP contribution in [-0.4, -0.2) is 11.8 Å². The highest BCUT2D eigenvalue weighted by Crippen LogP contribution is 2.26. The van der Waals surface area contributed by atoms with Crippen molar-refractivity contribution in [2.24, 2.45) is 0 Å². The van der Waals surface area contributed by atoms with Crippen LogP contribution in [-0.2, 0) is 4.79 Å². The van der Waals surface area contributed by atoms with E-state index < -0.39 is 5.97 Å². The van der Waals surface area contributed by atoms with Gasteiger partial charge < -0.3 is 4.74 Å². The van der Waals surface area contributed by atoms with Crippen LogP contribution >= 0.6 is 23.2 Å². The second kappa shape index (κ2) is 6.07. The van der Waals surface area contributed by atoms with Crippen molar-refractivity contribution in [1.29, 1.82) is 0 Å². The molecule has 2 aromatic carbocycles. The molecule has 102 valence electrons. The Hall–Kier alpha value is -1.84. The van der Waals surface area contributed by atoms with Crippen molar-refractivity contribution in [2.45, 2.75) is 6.92 Å². The maximum Gasteiger partial charge on any atom is 0.308 e. The van der Waals surface area contributed by atoms with Crippen LogP contribution in [0.1, 0.15) is 22.8 Å². The summed E-state index contributed by atoms with van der Waals surface area (Å²) in [6.45, 7) is 1.26. The van der Waals surface area contributed by atoms with E-state index in [9.17, 15) is 9.59 Å². The van der Waals surface area contributed by atoms with E-state index in [0.717, 1.165) is 0 Å². The third-order valence-electron chi connectivity index (χ3n) is 2.55. The van der Waals surface area contributed by atoms with Crippen molar-refractivity contribution in [3.05, 3.63) is 63.6 Å². The fourth-order valence-corrected chi connectivity index (χ4v) is 1.97. The Morgan fingerprint density at radius 3 is 2.15 bits per heavy atom. The van der Waals surface area contributed by atoms with E-state index in [1.807, 2.05) is 0 Å². The van der Waals surface area contributed by atoms with Crippen molar-refractivity contribution in [1.82, 2.24) is 0 Å². The van der Waals surface area contributed by atoms with Gasteiger partial charge in [0.05, 0.1) is 5.56 Å². The number of carbonyl (C=O) groups is 2. The number of halogens is 2. The lowest BCUT2D eigenvalue weighted by Gasteiger charge is -2.08. The molecule has 3 nitrogen and oxygen atoms in total. The summed E-state index contributed by atoms with van der Waals surface area (Å²) in [5, 5.41) is 0.923. The fraction of sp³-hybridized carbons (Fsp3) is 0.0667. The molecule has 0 amide bonds. The topological polar surface area (TPSA) is 43.4 Å². The van der Waals surface area contributed by atoms with Crippen LogP contribution in [0.5, 0.6) is 5.75 Å². The SMILES string of the molecule is CC(=O)Oc1cc(Cl)ccc1C(=O)c1ccc(Cl)cc1. The van der Waals surface area contributed by atoms with Crippen LogP contribution in [0.2, 0.25) is 10.0 Å². The Morgan fingerprint density at radius 2 is 1.55 bits per heavy atom. The minimum absolute atomic E-state index is 0.143. The van der Waals surface area contributed by atoms with Crippen molar-refractivity contribution in [3.8, 4) is 5.75 Å². The molecule has 0 aliphatic rings. The fourth-order valence-electron chi connectivity index (χ4n) is 1.68. The maximum absolute atomic E-state index is 12.4. The first-order valence-electron chi connectivity index (χ1n) is 5.75. The molecule has 0 aromatic heterocycles. The summed E-state index contributed by atoms with van der Waals surface area (Å²) in [4.78, 5) is 23.5. The van der Waals surface area contributed by atoms with Crippen LogP contribution < -0.4 is 4.74 Å². The monoisotopic (exact) mass is 308 g/mol. The highest BCUT2D eigenvalue weighted by atomic mass is 35.5. The average molecular weight is 309 g/mol. The maximum atomic E-state index is 12.4. The zero-order chi connectivity index (χ0) is 14.7. The molecule has 0 aliphatic carbocycles. The molecule has 0 N–H and O–H groups in total. The first kappa shape index (κ1) is 14.6. The van der Waals surface area contributed by atoms with Gasteiger partial charge in [0.1, 0.15) is 5.75 Å². The van der Waals surface area contributed by atoms with Gasteiger partial charge in [-0.3, -0.25) is 9.59 Å². The summed E-state index contributed by atoms with van der Waals surface area (Å²) in [7, 11) is 0. The zero-order valence-corrected chi connectivity index (χ0v) is 12.0. The molecule has 0 saturated heterocycles. The molecule has 5 heteroatoms. The number of hydrogen-bond donors (Lipinski definition) is 0. The molecule has 0 atom stereocenters. The van der Waals surface area contributed by atoms with E-state index >= 15 is 0 Å². The van der Waals surface area contributed by atoms with Crippen molar-refractivity contribution in [3.63, 3.8) is 0 Å². The summed E-state index contributed by atoms with van der Waals surface area (Å²) in [5.74, 6) is -0.642. The van der Waals surface area contributed by atoms with Gasteiger partial charge >= 0.3 is 5.97 Å². The average Bonchev–Trinajstić information content (AvgIpc) is 2.38. The molecular weight excluding hydrogens is 299 g/mol. The van der Waals surface area contributed by atoms with Gasteiger partial charge in [-0.25, -0.2) is 0 Å². The van der Waals surface area contributed by atoms with Gasteiger partial charge in [0.2, 0.25) is 0 Å². The summed E-state index contributed by atoms with van der Waals surface area (Å²) >= 11 is 11.6. The van der Waals surface area contributed by atoms with Crippen LogP contribution in [0.3, 0.4) is 0 Å². The van der Waals surface area contributed by atoms with E-state index in [1.165, 1.54) is 19.1 Å². The minimum Gasteiger partial charge on any atom is -0.426 e. The Bertz CT molecular complexity index is 663. The van der Waals surface area contributed by atoms with E-state index in [1.54, 1.807) is 30.3 Å². The second-order valence-corrected chi connectivity index (χ2v) is 4.94. The molecule has 0 saturated carbocycles. The molecular formula is C15H10Cl2O3. The van der Waals surface area contributed by atoms with Crippen LogP contribution in [0.4, 0.5) is 0 Å². The smallest absolute Gasteiger partial charge is 0.308 e. The molecule has 0 unspecified atom stereocenters. The quantitative estimate of drug-likeness (QED) is 0.486. The van der Waals surface area contributed by atoms with Crippen molar-refractivity contribution < 1.29 is 14.3 Å². The van der Waals surface area contributed by atoms with Gasteiger partial charge in [-0.1, -0.05) is 23.2 Å². The molecule has 20 heavy (non-hydrogen) atoms. The lowest BCUT2D eigenvalue weighted by molar-refractivity contribution is -0.131. The molecule has 0 radical (unpaired) electrons. The number of rotatable bonds is 3. The van der Waals surface area contributed by atoms with Crippen molar-refractivity contribution >= 4 is 35.0 Å². The highest BCUT2D eigenvalue weighted by molar-refractivity contribution is 6.31. The Morgan fingerprint density at radius 1 is 0.950 bits per heavy atom. The number of ether oxygens (including phenoxy) is 1. The highest BCUT2D eigenvalue weighted by Gasteiger charge is 2.16. The molecule has 0 fully saturated rings. The largest absolute Gasteiger partial charge is 0.426 e. The summed E-state index contributed by atoms with van der Waals surface area (Å²) in [6, 6.07) is 11.0. The van der Waals surface area contributed by atoms with Gasteiger partial charge in [-0.2, -0.15) is 0 Å². The Labute approximate surface area is 126 Å². The summed E-state index contributed by atoms with van der Waals surface area (Å²) in [6.07, 6.45) is 0. The van der Waals surface area contributed by atoms with Crippen LogP contribution in [0, 0.1) is 0 Å². The first-order chi connectivity index (χ1) is 9.47. The van der Waals surface area contributed by atoms with E-state index in [-0.39, 0.29) is 17.1 Å². The summed E-state index contributed by atoms with van der Waals surface area (Å²) < 4.78 is 5.02. The zero-order valence-electron chi connectivity index (χ0n) is 10.5. The Kier molecular flexibility index (Phi) is 4.42. The van der Waals surface area contributed by atoms with E-state index in [4.69, 9.17) is 27.9 Å². The van der Waals surface area contributed by atoms with Gasteiger partial charge in [0, 0.05) is 28.6 Å². The number of ketones is 1. The number of esters is 1. The standard InChI is InChI=1S/C15H10Cl2O3/c1-9(18)20-14-8-12(17)6-7-13(14)15(19)10-2-4-11(16)5-3-10/h2-8H,1H3. The third-order valence-corrected chi connectivity index (χ3v) is 3.04. The van der Waals surface area contributed by atoms with Gasteiger partial charge in [-0.05, 0) is 36.4 Å². The predicted octanol–water partition coefficient (Wildman–Crippen LogP) is 4.15. The molecule has 0 aliphatic heterocycles. The molecule has 0 spiro atoms. The first-order valence-corrected chi connectivity index (χ1v) is 6.51. The molecule has 2 rings (SSSR count). The number of benzene rings is 2. The Balaban J connectivity index is 2.43. The normalized spacial score (nSPS) is 10.2. The van der Waals surface area contributed by atoms with Crippen LogP contribution in [0.25, 0.3) is 0 Å². The number of hydrogen-bond acceptors (Lipinski definition) is 3. The van der Waals surface area contributed by atoms with E-state index in [2.05, 4.69) is 0 Å². The van der Waals surface area contributed by atoms with Crippen molar-refractivity contribution in [2.75, 3.05) is 0 Å². The lowest BCUT2D eigenvalue weighted by atomic mass is 10.0. The number of carbonyl (C=O) groups excluding carboxylic acids is 2. The van der Waals surface area contributed by atoms with Gasteiger partial charge in [-0.15, -0.1) is 0 Å².